The highest BCUT2D eigenvalue weighted by Crippen LogP contribution is 2.23. The third-order valence-corrected chi connectivity index (χ3v) is 2.86. The van der Waals surface area contributed by atoms with Crippen molar-refractivity contribution >= 4 is 15.9 Å². The molecule has 0 saturated carbocycles. The number of benzene rings is 2. The van der Waals surface area contributed by atoms with Crippen molar-refractivity contribution in [3.63, 3.8) is 0 Å². The van der Waals surface area contributed by atoms with Gasteiger partial charge in [0.25, 0.3) is 0 Å². The van der Waals surface area contributed by atoms with Crippen LogP contribution in [0.3, 0.4) is 0 Å². The second kappa shape index (κ2) is 5.32. The molecule has 0 N–H and O–H groups in total. The lowest BCUT2D eigenvalue weighted by Gasteiger charge is -2.08. The molecular weight excluding hydrogens is 283 g/mol. The molecule has 0 heterocycles. The average molecular weight is 295 g/mol. The Balaban J connectivity index is 2.09. The Bertz CT molecular complexity index is 525. The van der Waals surface area contributed by atoms with Crippen molar-refractivity contribution in [2.24, 2.45) is 0 Å². The van der Waals surface area contributed by atoms with Crippen LogP contribution in [0.5, 0.6) is 5.75 Å². The van der Waals surface area contributed by atoms with Gasteiger partial charge in [-0.25, -0.2) is 4.39 Å². The first-order chi connectivity index (χ1) is 8.15. The number of aryl methyl sites for hydroxylation is 1. The van der Waals surface area contributed by atoms with Gasteiger partial charge < -0.3 is 4.74 Å². The molecule has 17 heavy (non-hydrogen) atoms. The van der Waals surface area contributed by atoms with Gasteiger partial charge in [-0.05, 0) is 30.7 Å². The highest BCUT2D eigenvalue weighted by Gasteiger charge is 2.04. The summed E-state index contributed by atoms with van der Waals surface area (Å²) in [6, 6.07) is 12.6. The van der Waals surface area contributed by atoms with Crippen molar-refractivity contribution in [3.8, 4) is 5.75 Å². The van der Waals surface area contributed by atoms with Gasteiger partial charge in [0, 0.05) is 4.47 Å². The smallest absolute Gasteiger partial charge is 0.165 e. The molecule has 0 aliphatic heterocycles. The Morgan fingerprint density at radius 1 is 1.18 bits per heavy atom. The zero-order chi connectivity index (χ0) is 12.3. The summed E-state index contributed by atoms with van der Waals surface area (Å²) in [4.78, 5) is 0. The van der Waals surface area contributed by atoms with Gasteiger partial charge in [0.1, 0.15) is 6.61 Å². The lowest BCUT2D eigenvalue weighted by Crippen LogP contribution is -1.97. The third kappa shape index (κ3) is 3.30. The topological polar surface area (TPSA) is 9.23 Å². The SMILES string of the molecule is Cc1cccc(COc2cc(Br)ccc2F)c1. The molecule has 1 nitrogen and oxygen atoms in total. The maximum Gasteiger partial charge on any atom is 0.165 e. The molecule has 0 bridgehead atoms. The zero-order valence-electron chi connectivity index (χ0n) is 9.41. The van der Waals surface area contributed by atoms with Gasteiger partial charge in [-0.1, -0.05) is 45.8 Å². The van der Waals surface area contributed by atoms with E-state index in [2.05, 4.69) is 15.9 Å². The highest BCUT2D eigenvalue weighted by molar-refractivity contribution is 9.10. The Hall–Kier alpha value is -1.35. The first kappa shape index (κ1) is 12.1. The van der Waals surface area contributed by atoms with Crippen molar-refractivity contribution < 1.29 is 9.13 Å². The van der Waals surface area contributed by atoms with E-state index >= 15 is 0 Å². The minimum Gasteiger partial charge on any atom is -0.486 e. The molecule has 0 saturated heterocycles. The summed E-state index contributed by atoms with van der Waals surface area (Å²) < 4.78 is 19.7. The van der Waals surface area contributed by atoms with Crippen LogP contribution >= 0.6 is 15.9 Å². The van der Waals surface area contributed by atoms with E-state index in [1.165, 1.54) is 11.6 Å². The molecule has 0 aliphatic carbocycles. The van der Waals surface area contributed by atoms with E-state index in [-0.39, 0.29) is 11.6 Å². The molecule has 2 rings (SSSR count). The van der Waals surface area contributed by atoms with Crippen LogP contribution in [0.1, 0.15) is 11.1 Å². The number of hydrogen-bond donors (Lipinski definition) is 0. The van der Waals surface area contributed by atoms with Crippen molar-refractivity contribution in [1.82, 2.24) is 0 Å². The molecule has 0 spiro atoms. The van der Waals surface area contributed by atoms with Crippen LogP contribution in [0.15, 0.2) is 46.9 Å². The minimum absolute atomic E-state index is 0.265. The lowest BCUT2D eigenvalue weighted by molar-refractivity contribution is 0.290. The number of ether oxygens (including phenoxy) is 1. The molecule has 88 valence electrons. The predicted molar refractivity (Wildman–Crippen MR) is 69.6 cm³/mol. The molecule has 0 atom stereocenters. The first-order valence-electron chi connectivity index (χ1n) is 5.28. The molecular formula is C14H12BrFO. The van der Waals surface area contributed by atoms with E-state index in [9.17, 15) is 4.39 Å². The van der Waals surface area contributed by atoms with Crippen LogP contribution in [-0.4, -0.2) is 0 Å². The van der Waals surface area contributed by atoms with Crippen molar-refractivity contribution in [2.75, 3.05) is 0 Å². The van der Waals surface area contributed by atoms with Crippen LogP contribution in [0.4, 0.5) is 4.39 Å². The summed E-state index contributed by atoms with van der Waals surface area (Å²) in [5.41, 5.74) is 2.20. The standard InChI is InChI=1S/C14H12BrFO/c1-10-3-2-4-11(7-10)9-17-14-8-12(15)5-6-13(14)16/h2-8H,9H2,1H3. The normalized spacial score (nSPS) is 10.3. The fourth-order valence-electron chi connectivity index (χ4n) is 1.55. The van der Waals surface area contributed by atoms with Crippen molar-refractivity contribution in [1.29, 1.82) is 0 Å². The molecule has 0 aromatic heterocycles. The second-order valence-electron chi connectivity index (χ2n) is 3.85. The average Bonchev–Trinajstić information content (AvgIpc) is 2.30. The summed E-state index contributed by atoms with van der Waals surface area (Å²) in [7, 11) is 0. The fraction of sp³-hybridized carbons (Fsp3) is 0.143. The zero-order valence-corrected chi connectivity index (χ0v) is 11.0. The highest BCUT2D eigenvalue weighted by atomic mass is 79.9. The molecule has 0 unspecified atom stereocenters. The summed E-state index contributed by atoms with van der Waals surface area (Å²) in [5, 5.41) is 0. The van der Waals surface area contributed by atoms with Gasteiger partial charge in [-0.15, -0.1) is 0 Å². The van der Waals surface area contributed by atoms with Gasteiger partial charge in [0.2, 0.25) is 0 Å². The molecule has 0 fully saturated rings. The number of halogens is 2. The van der Waals surface area contributed by atoms with E-state index in [0.717, 1.165) is 10.0 Å². The first-order valence-corrected chi connectivity index (χ1v) is 6.08. The van der Waals surface area contributed by atoms with Gasteiger partial charge in [0.15, 0.2) is 11.6 Å². The predicted octanol–water partition coefficient (Wildman–Crippen LogP) is 4.48. The van der Waals surface area contributed by atoms with Crippen LogP contribution in [0.2, 0.25) is 0 Å². The molecule has 2 aromatic rings. The van der Waals surface area contributed by atoms with Crippen LogP contribution in [0.25, 0.3) is 0 Å². The van der Waals surface area contributed by atoms with Crippen LogP contribution < -0.4 is 4.74 Å². The summed E-state index contributed by atoms with van der Waals surface area (Å²) in [5.74, 6) is -0.0817. The van der Waals surface area contributed by atoms with E-state index in [0.29, 0.717) is 6.61 Å². The van der Waals surface area contributed by atoms with E-state index in [1.807, 2.05) is 31.2 Å². The summed E-state index contributed by atoms with van der Waals surface area (Å²) in [6.07, 6.45) is 0. The largest absolute Gasteiger partial charge is 0.486 e. The molecule has 2 aromatic carbocycles. The third-order valence-electron chi connectivity index (χ3n) is 2.37. The summed E-state index contributed by atoms with van der Waals surface area (Å²) >= 11 is 3.29. The Morgan fingerprint density at radius 2 is 2.00 bits per heavy atom. The van der Waals surface area contributed by atoms with Crippen molar-refractivity contribution in [3.05, 3.63) is 63.9 Å². The number of rotatable bonds is 3. The Morgan fingerprint density at radius 3 is 2.76 bits per heavy atom. The van der Waals surface area contributed by atoms with Crippen molar-refractivity contribution in [2.45, 2.75) is 13.5 Å². The Labute approximate surface area is 108 Å². The van der Waals surface area contributed by atoms with Gasteiger partial charge in [0.05, 0.1) is 0 Å². The van der Waals surface area contributed by atoms with E-state index in [4.69, 9.17) is 4.74 Å². The monoisotopic (exact) mass is 294 g/mol. The fourth-order valence-corrected chi connectivity index (χ4v) is 1.89. The minimum atomic E-state index is -0.346. The van der Waals surface area contributed by atoms with E-state index in [1.54, 1.807) is 12.1 Å². The quantitative estimate of drug-likeness (QED) is 0.811. The number of hydrogen-bond acceptors (Lipinski definition) is 1. The second-order valence-corrected chi connectivity index (χ2v) is 4.77. The molecule has 0 amide bonds. The Kier molecular flexibility index (Phi) is 3.79. The summed E-state index contributed by atoms with van der Waals surface area (Å²) in [6.45, 7) is 2.39. The maximum atomic E-state index is 13.4. The lowest BCUT2D eigenvalue weighted by atomic mass is 10.1. The van der Waals surface area contributed by atoms with Gasteiger partial charge >= 0.3 is 0 Å². The molecule has 3 heteroatoms. The van der Waals surface area contributed by atoms with Gasteiger partial charge in [-0.2, -0.15) is 0 Å². The van der Waals surface area contributed by atoms with Gasteiger partial charge in [-0.3, -0.25) is 0 Å². The van der Waals surface area contributed by atoms with E-state index < -0.39 is 0 Å². The van der Waals surface area contributed by atoms with Crippen LogP contribution in [0, 0.1) is 12.7 Å². The molecule has 0 radical (unpaired) electrons. The molecule has 0 aliphatic rings. The van der Waals surface area contributed by atoms with Crippen LogP contribution in [-0.2, 0) is 6.61 Å². The maximum absolute atomic E-state index is 13.4.